The van der Waals surface area contributed by atoms with Crippen LogP contribution in [0.2, 0.25) is 0 Å². The molecule has 29 heavy (non-hydrogen) atoms. The van der Waals surface area contributed by atoms with Gasteiger partial charge in [0.15, 0.2) is 6.10 Å². The van der Waals surface area contributed by atoms with E-state index in [1.54, 1.807) is 6.92 Å². The van der Waals surface area contributed by atoms with E-state index in [9.17, 15) is 14.4 Å². The Kier molecular flexibility index (Phi) is 7.30. The minimum absolute atomic E-state index is 0.0847. The third-order valence-corrected chi connectivity index (χ3v) is 5.83. The fraction of sp³-hybridized carbons (Fsp3) is 0.318. The van der Waals surface area contributed by atoms with Crippen molar-refractivity contribution in [3.05, 3.63) is 60.2 Å². The van der Waals surface area contributed by atoms with Crippen LogP contribution in [0, 0.1) is 0 Å². The lowest BCUT2D eigenvalue weighted by molar-refractivity contribution is -0.156. The average molecular weight is 413 g/mol. The Morgan fingerprint density at radius 1 is 1.14 bits per heavy atom. The highest BCUT2D eigenvalue weighted by Crippen LogP contribution is 2.36. The van der Waals surface area contributed by atoms with Gasteiger partial charge in [0.2, 0.25) is 5.91 Å². The molecule has 3 rings (SSSR count). The first-order valence-corrected chi connectivity index (χ1v) is 10.5. The van der Waals surface area contributed by atoms with Crippen LogP contribution in [0.5, 0.6) is 0 Å². The number of thioether (sulfide) groups is 1. The Morgan fingerprint density at radius 3 is 2.62 bits per heavy atom. The van der Waals surface area contributed by atoms with E-state index in [1.165, 1.54) is 11.8 Å². The van der Waals surface area contributed by atoms with E-state index in [-0.39, 0.29) is 18.2 Å². The van der Waals surface area contributed by atoms with Crippen molar-refractivity contribution in [2.75, 3.05) is 11.9 Å². The molecule has 2 N–H and O–H groups in total. The molecule has 2 aromatic carbocycles. The molecule has 0 aliphatic carbocycles. The summed E-state index contributed by atoms with van der Waals surface area (Å²) in [7, 11) is 0. The number of fused-ring (bicyclic) bond motifs is 1. The lowest BCUT2D eigenvalue weighted by atomic mass is 10.1. The number of amides is 2. The smallest absolute Gasteiger partial charge is 0.308 e. The molecule has 0 radical (unpaired) electrons. The number of benzene rings is 2. The number of anilines is 1. The first-order valence-electron chi connectivity index (χ1n) is 9.64. The number of rotatable bonds is 8. The van der Waals surface area contributed by atoms with Crippen molar-refractivity contribution in [1.29, 1.82) is 0 Å². The number of hydrogen-bond donors (Lipinski definition) is 2. The highest BCUT2D eigenvalue weighted by molar-refractivity contribution is 8.01. The molecule has 152 valence electrons. The van der Waals surface area contributed by atoms with Crippen LogP contribution < -0.4 is 10.6 Å². The summed E-state index contributed by atoms with van der Waals surface area (Å²) in [6, 6.07) is 17.3. The maximum Gasteiger partial charge on any atom is 0.308 e. The van der Waals surface area contributed by atoms with Crippen molar-refractivity contribution in [3.63, 3.8) is 0 Å². The molecule has 2 atom stereocenters. The van der Waals surface area contributed by atoms with Crippen molar-refractivity contribution in [2.45, 2.75) is 42.4 Å². The molecule has 7 heteroatoms. The molecule has 1 aliphatic heterocycles. The third-order valence-electron chi connectivity index (χ3n) is 4.55. The van der Waals surface area contributed by atoms with E-state index in [1.807, 2.05) is 54.6 Å². The zero-order valence-electron chi connectivity index (χ0n) is 16.2. The predicted molar refractivity (Wildman–Crippen MR) is 113 cm³/mol. The van der Waals surface area contributed by atoms with Gasteiger partial charge in [0.25, 0.3) is 5.91 Å². The van der Waals surface area contributed by atoms with Gasteiger partial charge in [-0.25, -0.2) is 0 Å². The SMILES string of the molecule is CCC(OC(=O)CC1Sc2ccccc2NC1=O)C(=O)NCCc1ccccc1. The summed E-state index contributed by atoms with van der Waals surface area (Å²) in [5, 5.41) is 5.04. The lowest BCUT2D eigenvalue weighted by Gasteiger charge is -2.24. The van der Waals surface area contributed by atoms with Gasteiger partial charge in [-0.05, 0) is 30.5 Å². The van der Waals surface area contributed by atoms with Gasteiger partial charge in [0.05, 0.1) is 17.4 Å². The molecular formula is C22H24N2O4S. The Balaban J connectivity index is 1.48. The van der Waals surface area contributed by atoms with Crippen molar-refractivity contribution >= 4 is 35.2 Å². The van der Waals surface area contributed by atoms with Crippen LogP contribution in [0.1, 0.15) is 25.3 Å². The van der Waals surface area contributed by atoms with Gasteiger partial charge < -0.3 is 15.4 Å². The maximum atomic E-state index is 12.3. The lowest BCUT2D eigenvalue weighted by Crippen LogP contribution is -2.39. The second kappa shape index (κ2) is 10.1. The van der Waals surface area contributed by atoms with Gasteiger partial charge in [-0.1, -0.05) is 49.4 Å². The van der Waals surface area contributed by atoms with Crippen LogP contribution in [0.25, 0.3) is 0 Å². The molecule has 0 aromatic heterocycles. The van der Waals surface area contributed by atoms with Crippen molar-refractivity contribution in [1.82, 2.24) is 5.32 Å². The molecular weight excluding hydrogens is 388 g/mol. The minimum atomic E-state index is -0.859. The normalized spacial score (nSPS) is 16.3. The number of nitrogens with one attached hydrogen (secondary N) is 2. The van der Waals surface area contributed by atoms with Crippen LogP contribution in [-0.4, -0.2) is 35.7 Å². The molecule has 1 aliphatic rings. The minimum Gasteiger partial charge on any atom is -0.452 e. The summed E-state index contributed by atoms with van der Waals surface area (Å²) < 4.78 is 5.36. The Morgan fingerprint density at radius 2 is 1.86 bits per heavy atom. The van der Waals surface area contributed by atoms with Crippen LogP contribution >= 0.6 is 11.8 Å². The van der Waals surface area contributed by atoms with Crippen molar-refractivity contribution < 1.29 is 19.1 Å². The van der Waals surface area contributed by atoms with E-state index in [4.69, 9.17) is 4.74 Å². The van der Waals surface area contributed by atoms with Gasteiger partial charge in [-0.15, -0.1) is 11.8 Å². The van der Waals surface area contributed by atoms with E-state index < -0.39 is 17.3 Å². The van der Waals surface area contributed by atoms with Crippen molar-refractivity contribution in [3.8, 4) is 0 Å². The monoisotopic (exact) mass is 412 g/mol. The largest absolute Gasteiger partial charge is 0.452 e. The van der Waals surface area contributed by atoms with Crippen LogP contribution in [0.4, 0.5) is 5.69 Å². The predicted octanol–water partition coefficient (Wildman–Crippen LogP) is 3.17. The number of carbonyl (C=O) groups excluding carboxylic acids is 3. The molecule has 2 unspecified atom stereocenters. The third kappa shape index (κ3) is 5.84. The van der Waals surface area contributed by atoms with E-state index in [0.29, 0.717) is 19.4 Å². The standard InChI is InChI=1S/C22H24N2O4S/c1-2-17(21(26)23-13-12-15-8-4-3-5-9-15)28-20(25)14-19-22(27)24-16-10-6-7-11-18(16)29-19/h3-11,17,19H,2,12-14H2,1H3,(H,23,26)(H,24,27). The Bertz CT molecular complexity index is 872. The Hall–Kier alpha value is -2.80. The molecule has 0 saturated carbocycles. The van der Waals surface area contributed by atoms with E-state index in [0.717, 1.165) is 16.1 Å². The molecule has 0 saturated heterocycles. The molecule has 0 bridgehead atoms. The zero-order valence-corrected chi connectivity index (χ0v) is 17.0. The van der Waals surface area contributed by atoms with Gasteiger partial charge in [0.1, 0.15) is 0 Å². The molecule has 1 heterocycles. The number of ether oxygens (including phenoxy) is 1. The summed E-state index contributed by atoms with van der Waals surface area (Å²) in [6.07, 6.45) is 0.131. The Labute approximate surface area is 174 Å². The quantitative estimate of drug-likeness (QED) is 0.651. The van der Waals surface area contributed by atoms with Gasteiger partial charge in [-0.3, -0.25) is 14.4 Å². The summed E-state index contributed by atoms with van der Waals surface area (Å²) in [4.78, 5) is 37.8. The highest BCUT2D eigenvalue weighted by atomic mass is 32.2. The second-order valence-electron chi connectivity index (χ2n) is 6.71. The van der Waals surface area contributed by atoms with Gasteiger partial charge in [0, 0.05) is 11.4 Å². The molecule has 6 nitrogen and oxygen atoms in total. The topological polar surface area (TPSA) is 84.5 Å². The van der Waals surface area contributed by atoms with Gasteiger partial charge in [-0.2, -0.15) is 0 Å². The average Bonchev–Trinajstić information content (AvgIpc) is 2.73. The maximum absolute atomic E-state index is 12.3. The number of para-hydroxylation sites is 1. The van der Waals surface area contributed by atoms with Crippen LogP contribution in [0.3, 0.4) is 0 Å². The number of hydrogen-bond acceptors (Lipinski definition) is 5. The fourth-order valence-corrected chi connectivity index (χ4v) is 4.09. The highest BCUT2D eigenvalue weighted by Gasteiger charge is 2.31. The summed E-state index contributed by atoms with van der Waals surface area (Å²) in [5.74, 6) is -1.10. The van der Waals surface area contributed by atoms with Crippen LogP contribution in [0.15, 0.2) is 59.5 Å². The molecule has 0 spiro atoms. The first kappa shape index (κ1) is 20.9. The number of carbonyl (C=O) groups is 3. The summed E-state index contributed by atoms with van der Waals surface area (Å²) >= 11 is 1.33. The molecule has 2 amide bonds. The number of esters is 1. The molecule has 0 fully saturated rings. The second-order valence-corrected chi connectivity index (χ2v) is 7.95. The summed E-state index contributed by atoms with van der Waals surface area (Å²) in [6.45, 7) is 2.25. The van der Waals surface area contributed by atoms with Crippen LogP contribution in [-0.2, 0) is 25.5 Å². The summed E-state index contributed by atoms with van der Waals surface area (Å²) in [5.41, 5.74) is 1.87. The first-order chi connectivity index (χ1) is 14.1. The van der Waals surface area contributed by atoms with Gasteiger partial charge >= 0.3 is 5.97 Å². The van der Waals surface area contributed by atoms with E-state index >= 15 is 0 Å². The van der Waals surface area contributed by atoms with Crippen molar-refractivity contribution in [2.24, 2.45) is 0 Å². The molecule has 2 aromatic rings. The zero-order chi connectivity index (χ0) is 20.6. The fourth-order valence-electron chi connectivity index (χ4n) is 3.00. The van der Waals surface area contributed by atoms with E-state index in [2.05, 4.69) is 10.6 Å².